The number of hydrogen-bond donors (Lipinski definition) is 2. The summed E-state index contributed by atoms with van der Waals surface area (Å²) in [6.07, 6.45) is 5.76. The van der Waals surface area contributed by atoms with E-state index in [1.807, 2.05) is 0 Å². The lowest BCUT2D eigenvalue weighted by Crippen LogP contribution is -2.12. The molecule has 6 nitrogen and oxygen atoms in total. The zero-order chi connectivity index (χ0) is 12.7. The Kier molecular flexibility index (Phi) is 5.62. The van der Waals surface area contributed by atoms with E-state index in [1.54, 1.807) is 4.68 Å². The lowest BCUT2D eigenvalue weighted by atomic mass is 10.1. The first-order valence-electron chi connectivity index (χ1n) is 6.06. The Morgan fingerprint density at radius 1 is 1.35 bits per heavy atom. The standard InChI is InChI=1S/C11H20N4O2/c1-2-3-4-5-6-7-15-9(8-12)10(11(16)17)13-14-15/h2-8,12H2,1H3,(H,16,17). The van der Waals surface area contributed by atoms with E-state index < -0.39 is 5.97 Å². The second-order valence-electron chi connectivity index (χ2n) is 4.03. The number of aromatic carboxylic acids is 1. The number of carboxylic acid groups (broad SMARTS) is 1. The van der Waals surface area contributed by atoms with Crippen molar-refractivity contribution < 1.29 is 9.90 Å². The molecule has 0 aliphatic heterocycles. The molecule has 96 valence electrons. The largest absolute Gasteiger partial charge is 0.476 e. The number of aryl methyl sites for hydroxylation is 1. The topological polar surface area (TPSA) is 94.0 Å². The van der Waals surface area contributed by atoms with Crippen molar-refractivity contribution in [3.8, 4) is 0 Å². The van der Waals surface area contributed by atoms with Crippen molar-refractivity contribution in [3.05, 3.63) is 11.4 Å². The van der Waals surface area contributed by atoms with Crippen LogP contribution in [0.15, 0.2) is 0 Å². The summed E-state index contributed by atoms with van der Waals surface area (Å²) in [5.41, 5.74) is 6.00. The summed E-state index contributed by atoms with van der Waals surface area (Å²) < 4.78 is 1.61. The van der Waals surface area contributed by atoms with Gasteiger partial charge in [-0.05, 0) is 6.42 Å². The molecule has 1 aromatic rings. The highest BCUT2D eigenvalue weighted by molar-refractivity contribution is 5.86. The van der Waals surface area contributed by atoms with Gasteiger partial charge in [0.2, 0.25) is 0 Å². The number of nitrogens with zero attached hydrogens (tertiary/aromatic N) is 3. The van der Waals surface area contributed by atoms with E-state index in [-0.39, 0.29) is 12.2 Å². The highest BCUT2D eigenvalue weighted by Gasteiger charge is 2.16. The smallest absolute Gasteiger partial charge is 0.358 e. The van der Waals surface area contributed by atoms with Crippen LogP contribution < -0.4 is 5.73 Å². The number of hydrogen-bond acceptors (Lipinski definition) is 4. The molecular formula is C11H20N4O2. The molecule has 0 aliphatic carbocycles. The fraction of sp³-hybridized carbons (Fsp3) is 0.727. The van der Waals surface area contributed by atoms with Crippen molar-refractivity contribution in [2.75, 3.05) is 0 Å². The number of carboxylic acids is 1. The summed E-state index contributed by atoms with van der Waals surface area (Å²) in [6.45, 7) is 3.02. The van der Waals surface area contributed by atoms with Crippen LogP contribution in [0.25, 0.3) is 0 Å². The Morgan fingerprint density at radius 2 is 2.06 bits per heavy atom. The first-order chi connectivity index (χ1) is 8.20. The average Bonchev–Trinajstić information content (AvgIpc) is 2.71. The van der Waals surface area contributed by atoms with E-state index in [9.17, 15) is 4.79 Å². The molecule has 3 N–H and O–H groups in total. The Bertz CT molecular complexity index is 362. The summed E-state index contributed by atoms with van der Waals surface area (Å²) in [4.78, 5) is 10.8. The highest BCUT2D eigenvalue weighted by atomic mass is 16.4. The van der Waals surface area contributed by atoms with Crippen LogP contribution >= 0.6 is 0 Å². The number of rotatable bonds is 8. The lowest BCUT2D eigenvalue weighted by Gasteiger charge is -2.04. The van der Waals surface area contributed by atoms with Crippen molar-refractivity contribution in [3.63, 3.8) is 0 Å². The molecule has 0 spiro atoms. The van der Waals surface area contributed by atoms with Gasteiger partial charge < -0.3 is 10.8 Å². The Hall–Kier alpha value is -1.43. The van der Waals surface area contributed by atoms with Crippen LogP contribution in [0.2, 0.25) is 0 Å². The van der Waals surface area contributed by atoms with E-state index in [0.29, 0.717) is 12.2 Å². The fourth-order valence-corrected chi connectivity index (χ4v) is 1.75. The predicted octanol–water partition coefficient (Wildman–Crippen LogP) is 1.41. The first kappa shape index (κ1) is 13.6. The van der Waals surface area contributed by atoms with Gasteiger partial charge in [0.05, 0.1) is 5.69 Å². The minimum Gasteiger partial charge on any atom is -0.476 e. The molecule has 0 saturated heterocycles. The van der Waals surface area contributed by atoms with Crippen LogP contribution in [0.3, 0.4) is 0 Å². The summed E-state index contributed by atoms with van der Waals surface area (Å²) in [7, 11) is 0. The van der Waals surface area contributed by atoms with Crippen LogP contribution in [-0.2, 0) is 13.1 Å². The zero-order valence-corrected chi connectivity index (χ0v) is 10.2. The molecule has 0 aliphatic rings. The normalized spacial score (nSPS) is 10.7. The first-order valence-corrected chi connectivity index (χ1v) is 6.06. The maximum atomic E-state index is 10.8. The summed E-state index contributed by atoms with van der Waals surface area (Å²) in [6, 6.07) is 0. The van der Waals surface area contributed by atoms with E-state index in [1.165, 1.54) is 19.3 Å². The molecule has 0 amide bonds. The second kappa shape index (κ2) is 7.01. The lowest BCUT2D eigenvalue weighted by molar-refractivity contribution is 0.0689. The molecule has 0 unspecified atom stereocenters. The van der Waals surface area contributed by atoms with Gasteiger partial charge in [0.1, 0.15) is 0 Å². The molecule has 6 heteroatoms. The summed E-state index contributed by atoms with van der Waals surface area (Å²) in [5, 5.41) is 16.3. The van der Waals surface area contributed by atoms with Crippen molar-refractivity contribution >= 4 is 5.97 Å². The third-order valence-electron chi connectivity index (χ3n) is 2.71. The van der Waals surface area contributed by atoms with Gasteiger partial charge in [-0.15, -0.1) is 5.10 Å². The number of unbranched alkanes of at least 4 members (excludes halogenated alkanes) is 4. The van der Waals surface area contributed by atoms with Crippen molar-refractivity contribution in [1.29, 1.82) is 0 Å². The van der Waals surface area contributed by atoms with Crippen LogP contribution in [0.1, 0.15) is 55.2 Å². The number of aromatic nitrogens is 3. The molecule has 0 saturated carbocycles. The van der Waals surface area contributed by atoms with Gasteiger partial charge in [-0.25, -0.2) is 9.48 Å². The maximum absolute atomic E-state index is 10.8. The minimum atomic E-state index is -1.07. The molecular weight excluding hydrogens is 220 g/mol. The number of nitrogens with two attached hydrogens (primary N) is 1. The van der Waals surface area contributed by atoms with E-state index in [2.05, 4.69) is 17.2 Å². The second-order valence-corrected chi connectivity index (χ2v) is 4.03. The third kappa shape index (κ3) is 3.81. The molecule has 1 rings (SSSR count). The minimum absolute atomic E-state index is 0.0268. The van der Waals surface area contributed by atoms with Gasteiger partial charge in [0.25, 0.3) is 0 Å². The van der Waals surface area contributed by atoms with Gasteiger partial charge in [0, 0.05) is 13.1 Å². The van der Waals surface area contributed by atoms with E-state index in [0.717, 1.165) is 12.8 Å². The molecule has 17 heavy (non-hydrogen) atoms. The number of carbonyl (C=O) groups is 1. The van der Waals surface area contributed by atoms with E-state index in [4.69, 9.17) is 10.8 Å². The Balaban J connectivity index is 2.50. The molecule has 0 radical (unpaired) electrons. The Labute approximate surface area is 101 Å². The van der Waals surface area contributed by atoms with Crippen molar-refractivity contribution in [2.24, 2.45) is 5.73 Å². The van der Waals surface area contributed by atoms with Crippen molar-refractivity contribution in [1.82, 2.24) is 15.0 Å². The molecule has 0 aromatic carbocycles. The maximum Gasteiger partial charge on any atom is 0.358 e. The fourth-order valence-electron chi connectivity index (χ4n) is 1.75. The molecule has 1 aromatic heterocycles. The SMILES string of the molecule is CCCCCCCn1nnc(C(=O)O)c1CN. The quantitative estimate of drug-likeness (QED) is 0.670. The van der Waals surface area contributed by atoms with Gasteiger partial charge in [0.15, 0.2) is 5.69 Å². The monoisotopic (exact) mass is 240 g/mol. The molecule has 1 heterocycles. The van der Waals surface area contributed by atoms with Crippen LogP contribution in [-0.4, -0.2) is 26.1 Å². The Morgan fingerprint density at radius 3 is 2.65 bits per heavy atom. The van der Waals surface area contributed by atoms with Crippen molar-refractivity contribution in [2.45, 2.75) is 52.1 Å². The van der Waals surface area contributed by atoms with Crippen LogP contribution in [0, 0.1) is 0 Å². The van der Waals surface area contributed by atoms with E-state index >= 15 is 0 Å². The van der Waals surface area contributed by atoms with Gasteiger partial charge in [-0.2, -0.15) is 0 Å². The predicted molar refractivity (Wildman–Crippen MR) is 63.6 cm³/mol. The average molecular weight is 240 g/mol. The molecule has 0 atom stereocenters. The van der Waals surface area contributed by atoms with Gasteiger partial charge >= 0.3 is 5.97 Å². The highest BCUT2D eigenvalue weighted by Crippen LogP contribution is 2.08. The molecule has 0 bridgehead atoms. The van der Waals surface area contributed by atoms with Gasteiger partial charge in [-0.1, -0.05) is 37.8 Å². The van der Waals surface area contributed by atoms with Gasteiger partial charge in [-0.3, -0.25) is 0 Å². The molecule has 0 fully saturated rings. The zero-order valence-electron chi connectivity index (χ0n) is 10.2. The van der Waals surface area contributed by atoms with Crippen LogP contribution in [0.4, 0.5) is 0 Å². The third-order valence-corrected chi connectivity index (χ3v) is 2.71. The van der Waals surface area contributed by atoms with Crippen LogP contribution in [0.5, 0.6) is 0 Å². The summed E-state index contributed by atoms with van der Waals surface area (Å²) >= 11 is 0. The summed E-state index contributed by atoms with van der Waals surface area (Å²) in [5.74, 6) is -1.07.